The van der Waals surface area contributed by atoms with Crippen LogP contribution in [0.25, 0.3) is 0 Å². The van der Waals surface area contributed by atoms with E-state index in [1.54, 1.807) is 0 Å². The summed E-state index contributed by atoms with van der Waals surface area (Å²) in [5, 5.41) is 3.38. The Morgan fingerprint density at radius 3 is 2.54 bits per heavy atom. The van der Waals surface area contributed by atoms with Crippen LogP contribution in [0.4, 0.5) is 23.0 Å². The Morgan fingerprint density at radius 1 is 1.00 bits per heavy atom. The number of rotatable bonds is 4. The molecule has 0 spiro atoms. The Morgan fingerprint density at radius 2 is 1.76 bits per heavy atom. The molecule has 3 aliphatic heterocycles. The van der Waals surface area contributed by atoms with Gasteiger partial charge >= 0.3 is 0 Å². The fourth-order valence-electron chi connectivity index (χ4n) is 5.96. The maximum Gasteiger partial charge on any atom is 0.253 e. The predicted octanol–water partition coefficient (Wildman–Crippen LogP) is 4.32. The molecule has 192 valence electrons. The normalized spacial score (nSPS) is 19.5. The van der Waals surface area contributed by atoms with Crippen LogP contribution in [-0.4, -0.2) is 51.4 Å². The van der Waals surface area contributed by atoms with Crippen LogP contribution >= 0.6 is 0 Å². The number of hydrogen-bond acceptors (Lipinski definition) is 8. The molecule has 9 nitrogen and oxygen atoms in total. The first-order valence-electron chi connectivity index (χ1n) is 13.1. The fourth-order valence-corrected chi connectivity index (χ4v) is 5.96. The van der Waals surface area contributed by atoms with Gasteiger partial charge in [0.1, 0.15) is 0 Å². The summed E-state index contributed by atoms with van der Waals surface area (Å²) in [6.07, 6.45) is 4.86. The van der Waals surface area contributed by atoms with Crippen LogP contribution in [0.15, 0.2) is 42.6 Å². The SMILES string of the molecule is Cc1cc(C)cc(Nc2ncc3c(n2)CCN(C2CCN(C(=O)c4ccc5c(c4)NNN5)CC2)C3C)c1. The molecule has 9 heteroatoms. The van der Waals surface area contributed by atoms with Crippen molar-refractivity contribution in [2.75, 3.05) is 35.8 Å². The number of hydrazine groups is 2. The molecule has 4 N–H and O–H groups in total. The van der Waals surface area contributed by atoms with Gasteiger partial charge in [-0.2, -0.15) is 0 Å². The maximum atomic E-state index is 13.1. The maximum absolute atomic E-state index is 13.1. The summed E-state index contributed by atoms with van der Waals surface area (Å²) in [5.74, 6) is 0.758. The number of hydrogen-bond donors (Lipinski definition) is 4. The van der Waals surface area contributed by atoms with E-state index < -0.39 is 0 Å². The van der Waals surface area contributed by atoms with Crippen molar-refractivity contribution in [1.29, 1.82) is 0 Å². The molecule has 0 aliphatic carbocycles. The van der Waals surface area contributed by atoms with E-state index in [1.165, 1.54) is 16.7 Å². The Hall–Kier alpha value is -3.69. The number of aryl methyl sites for hydroxylation is 2. The molecule has 0 saturated carbocycles. The number of fused-ring (bicyclic) bond motifs is 2. The zero-order valence-electron chi connectivity index (χ0n) is 21.6. The number of amides is 1. The Kier molecular flexibility index (Phi) is 6.18. The second-order valence-corrected chi connectivity index (χ2v) is 10.4. The molecule has 3 aliphatic rings. The van der Waals surface area contributed by atoms with Gasteiger partial charge in [0.15, 0.2) is 0 Å². The third-order valence-electron chi connectivity index (χ3n) is 7.81. The number of anilines is 4. The number of benzene rings is 2. The van der Waals surface area contributed by atoms with Crippen LogP contribution in [0, 0.1) is 13.8 Å². The molecular weight excluding hydrogens is 464 g/mol. The van der Waals surface area contributed by atoms with Gasteiger partial charge in [0.25, 0.3) is 5.91 Å². The fraction of sp³-hybridized carbons (Fsp3) is 0.393. The van der Waals surface area contributed by atoms with Crippen molar-refractivity contribution in [1.82, 2.24) is 25.3 Å². The van der Waals surface area contributed by atoms with Gasteiger partial charge in [0.05, 0.1) is 17.1 Å². The average molecular weight is 499 g/mol. The number of nitrogens with zero attached hydrogens (tertiary/aromatic N) is 4. The predicted molar refractivity (Wildman–Crippen MR) is 146 cm³/mol. The minimum atomic E-state index is 0.101. The molecule has 1 aromatic heterocycles. The highest BCUT2D eigenvalue weighted by atomic mass is 16.2. The minimum Gasteiger partial charge on any atom is -0.339 e. The van der Waals surface area contributed by atoms with Crippen molar-refractivity contribution in [3.8, 4) is 0 Å². The van der Waals surface area contributed by atoms with Gasteiger partial charge in [0.2, 0.25) is 5.95 Å². The molecule has 6 rings (SSSR count). The van der Waals surface area contributed by atoms with Crippen LogP contribution in [0.5, 0.6) is 0 Å². The van der Waals surface area contributed by atoms with Gasteiger partial charge in [-0.3, -0.25) is 9.69 Å². The summed E-state index contributed by atoms with van der Waals surface area (Å²) >= 11 is 0. The molecule has 1 saturated heterocycles. The van der Waals surface area contributed by atoms with E-state index in [-0.39, 0.29) is 11.9 Å². The van der Waals surface area contributed by atoms with Crippen LogP contribution in [-0.2, 0) is 6.42 Å². The average Bonchev–Trinajstić information content (AvgIpc) is 3.36. The van der Waals surface area contributed by atoms with Crippen LogP contribution in [0.1, 0.15) is 58.5 Å². The van der Waals surface area contributed by atoms with E-state index >= 15 is 0 Å². The lowest BCUT2D eigenvalue weighted by Gasteiger charge is -2.43. The number of carbonyl (C=O) groups is 1. The summed E-state index contributed by atoms with van der Waals surface area (Å²) in [6, 6.07) is 12.8. The molecule has 37 heavy (non-hydrogen) atoms. The van der Waals surface area contributed by atoms with Gasteiger partial charge in [-0.1, -0.05) is 6.07 Å². The van der Waals surface area contributed by atoms with E-state index in [2.05, 4.69) is 70.6 Å². The largest absolute Gasteiger partial charge is 0.339 e. The lowest BCUT2D eigenvalue weighted by molar-refractivity contribution is 0.0527. The van der Waals surface area contributed by atoms with Crippen molar-refractivity contribution < 1.29 is 4.79 Å². The highest BCUT2D eigenvalue weighted by molar-refractivity contribution is 5.96. The van der Waals surface area contributed by atoms with E-state index in [0.717, 1.165) is 67.2 Å². The molecule has 1 amide bonds. The highest BCUT2D eigenvalue weighted by Gasteiger charge is 2.34. The minimum absolute atomic E-state index is 0.101. The summed E-state index contributed by atoms with van der Waals surface area (Å²) < 4.78 is 0. The zero-order chi connectivity index (χ0) is 25.5. The molecule has 4 heterocycles. The second-order valence-electron chi connectivity index (χ2n) is 10.4. The first-order chi connectivity index (χ1) is 17.9. The molecular formula is C28H34N8O. The van der Waals surface area contributed by atoms with E-state index in [9.17, 15) is 4.79 Å². The van der Waals surface area contributed by atoms with Crippen LogP contribution in [0.2, 0.25) is 0 Å². The van der Waals surface area contributed by atoms with E-state index in [1.807, 2.05) is 29.3 Å². The lowest BCUT2D eigenvalue weighted by Crippen LogP contribution is -2.49. The Balaban J connectivity index is 1.09. The Labute approximate surface area is 217 Å². The standard InChI is InChI=1S/C28H34N8O/c1-17-12-18(2)14-21(13-17)30-28-29-16-23-19(3)36(11-8-24(23)31-28)22-6-9-35(10-7-22)27(37)20-4-5-25-26(15-20)33-34-32-25/h4-5,12-16,19,22,32-34H,6-11H2,1-3H3,(H,29,30,31). The van der Waals surface area contributed by atoms with Gasteiger partial charge in [0, 0.05) is 61.1 Å². The van der Waals surface area contributed by atoms with Gasteiger partial charge < -0.3 is 21.1 Å². The summed E-state index contributed by atoms with van der Waals surface area (Å²) in [5.41, 5.74) is 17.3. The molecule has 0 bridgehead atoms. The van der Waals surface area contributed by atoms with Gasteiger partial charge in [-0.05, 0) is 75.1 Å². The molecule has 1 atom stereocenters. The van der Waals surface area contributed by atoms with Crippen molar-refractivity contribution >= 4 is 28.9 Å². The first kappa shape index (κ1) is 23.7. The van der Waals surface area contributed by atoms with Crippen LogP contribution < -0.4 is 21.7 Å². The number of aromatic nitrogens is 2. The van der Waals surface area contributed by atoms with Gasteiger partial charge in [-0.15, -0.1) is 5.53 Å². The number of nitrogens with one attached hydrogen (secondary N) is 4. The molecule has 2 aromatic carbocycles. The zero-order valence-corrected chi connectivity index (χ0v) is 21.6. The molecule has 3 aromatic rings. The first-order valence-corrected chi connectivity index (χ1v) is 13.1. The second kappa shape index (κ2) is 9.64. The smallest absolute Gasteiger partial charge is 0.253 e. The third-order valence-corrected chi connectivity index (χ3v) is 7.81. The van der Waals surface area contributed by atoms with Crippen molar-refractivity contribution in [2.45, 2.75) is 52.1 Å². The number of carbonyl (C=O) groups excluding carboxylic acids is 1. The Bertz CT molecular complexity index is 1310. The van der Waals surface area contributed by atoms with E-state index in [4.69, 9.17) is 4.98 Å². The monoisotopic (exact) mass is 498 g/mol. The lowest BCUT2D eigenvalue weighted by atomic mass is 9.93. The summed E-state index contributed by atoms with van der Waals surface area (Å²) in [4.78, 5) is 27.2. The third kappa shape index (κ3) is 4.72. The summed E-state index contributed by atoms with van der Waals surface area (Å²) in [7, 11) is 0. The molecule has 0 radical (unpaired) electrons. The van der Waals surface area contributed by atoms with Gasteiger partial charge in [-0.25, -0.2) is 9.97 Å². The quantitative estimate of drug-likeness (QED) is 0.422. The topological polar surface area (TPSA) is 97.5 Å². The number of piperidine rings is 1. The summed E-state index contributed by atoms with van der Waals surface area (Å²) in [6.45, 7) is 8.98. The van der Waals surface area contributed by atoms with E-state index in [0.29, 0.717) is 12.0 Å². The van der Waals surface area contributed by atoms with Crippen molar-refractivity contribution in [3.63, 3.8) is 0 Å². The van der Waals surface area contributed by atoms with Crippen molar-refractivity contribution in [2.24, 2.45) is 0 Å². The number of likely N-dealkylation sites (tertiary alicyclic amines) is 1. The molecule has 1 unspecified atom stereocenters. The highest BCUT2D eigenvalue weighted by Crippen LogP contribution is 2.34. The van der Waals surface area contributed by atoms with Crippen LogP contribution in [0.3, 0.4) is 0 Å². The molecule has 1 fully saturated rings. The van der Waals surface area contributed by atoms with Crippen molar-refractivity contribution in [3.05, 3.63) is 70.5 Å².